The van der Waals surface area contributed by atoms with E-state index in [1.807, 2.05) is 6.92 Å². The summed E-state index contributed by atoms with van der Waals surface area (Å²) < 4.78 is 89.7. The molecule has 0 saturated heterocycles. The van der Waals surface area contributed by atoms with Gasteiger partial charge in [-0.1, -0.05) is 19.1 Å². The van der Waals surface area contributed by atoms with Gasteiger partial charge < -0.3 is 24.3 Å². The minimum absolute atomic E-state index is 0.0847. The molecule has 41 heavy (non-hydrogen) atoms. The van der Waals surface area contributed by atoms with Gasteiger partial charge in [0.1, 0.15) is 6.54 Å². The molecule has 1 amide bonds. The Kier molecular flexibility index (Phi) is 9.97. The summed E-state index contributed by atoms with van der Waals surface area (Å²) in [7, 11) is 1.07. The van der Waals surface area contributed by atoms with Crippen molar-refractivity contribution in [3.8, 4) is 23.0 Å². The van der Waals surface area contributed by atoms with E-state index in [0.29, 0.717) is 33.9 Å². The van der Waals surface area contributed by atoms with Crippen LogP contribution in [0.25, 0.3) is 0 Å². The van der Waals surface area contributed by atoms with E-state index < -0.39 is 40.3 Å². The van der Waals surface area contributed by atoms with Crippen molar-refractivity contribution in [3.05, 3.63) is 71.8 Å². The largest absolute Gasteiger partial charge is 0.493 e. The van der Waals surface area contributed by atoms with E-state index in [1.54, 1.807) is 18.2 Å². The van der Waals surface area contributed by atoms with Crippen molar-refractivity contribution in [2.45, 2.75) is 30.5 Å². The standard InChI is InChI=1S/C28H31F3N2O7S/c1-6-22(18-10-12-23(37-2)25(14-18)39-4)32-27(34)17-33(20-9-7-8-19(15-20)28(29,30)31)41(35,36)21-11-13-24(38-3)26(16-21)40-5/h7-16,22H,6,17H2,1-5H3,(H,32,34). The first-order valence-electron chi connectivity index (χ1n) is 12.3. The van der Waals surface area contributed by atoms with Gasteiger partial charge in [-0.15, -0.1) is 0 Å². The summed E-state index contributed by atoms with van der Waals surface area (Å²) in [4.78, 5) is 13.0. The number of amides is 1. The summed E-state index contributed by atoms with van der Waals surface area (Å²) in [5, 5.41) is 2.77. The molecule has 0 saturated carbocycles. The van der Waals surface area contributed by atoms with Gasteiger partial charge in [-0.3, -0.25) is 9.10 Å². The van der Waals surface area contributed by atoms with Crippen LogP contribution in [0.1, 0.15) is 30.5 Å². The fourth-order valence-electron chi connectivity index (χ4n) is 4.12. The fourth-order valence-corrected chi connectivity index (χ4v) is 5.55. The third kappa shape index (κ3) is 7.15. The first-order chi connectivity index (χ1) is 19.4. The van der Waals surface area contributed by atoms with Crippen LogP contribution >= 0.6 is 0 Å². The monoisotopic (exact) mass is 596 g/mol. The molecule has 0 heterocycles. The molecule has 1 unspecified atom stereocenters. The summed E-state index contributed by atoms with van der Waals surface area (Å²) >= 11 is 0. The van der Waals surface area contributed by atoms with E-state index in [1.165, 1.54) is 52.7 Å². The van der Waals surface area contributed by atoms with Crippen LogP contribution in [0.5, 0.6) is 23.0 Å². The van der Waals surface area contributed by atoms with Crippen LogP contribution < -0.4 is 28.6 Å². The van der Waals surface area contributed by atoms with Gasteiger partial charge in [0, 0.05) is 6.07 Å². The summed E-state index contributed by atoms with van der Waals surface area (Å²) in [5.41, 5.74) is -0.754. The van der Waals surface area contributed by atoms with Gasteiger partial charge in [0.15, 0.2) is 23.0 Å². The minimum Gasteiger partial charge on any atom is -0.493 e. The molecule has 13 heteroatoms. The Morgan fingerprint density at radius 1 is 0.854 bits per heavy atom. The second-order valence-corrected chi connectivity index (χ2v) is 10.6. The minimum atomic E-state index is -4.74. The maximum Gasteiger partial charge on any atom is 0.416 e. The van der Waals surface area contributed by atoms with Gasteiger partial charge in [0.05, 0.1) is 50.6 Å². The van der Waals surface area contributed by atoms with Gasteiger partial charge in [-0.05, 0) is 54.4 Å². The van der Waals surface area contributed by atoms with Crippen LogP contribution in [-0.2, 0) is 21.0 Å². The van der Waals surface area contributed by atoms with E-state index in [-0.39, 0.29) is 22.1 Å². The summed E-state index contributed by atoms with van der Waals surface area (Å²) in [6, 6.07) is 12.0. The lowest BCUT2D eigenvalue weighted by atomic mass is 10.0. The first kappa shape index (κ1) is 31.4. The number of nitrogens with zero attached hydrogens (tertiary/aromatic N) is 1. The highest BCUT2D eigenvalue weighted by atomic mass is 32.2. The number of halogens is 3. The molecule has 0 spiro atoms. The first-order valence-corrected chi connectivity index (χ1v) is 13.8. The third-order valence-electron chi connectivity index (χ3n) is 6.25. The molecule has 0 fully saturated rings. The van der Waals surface area contributed by atoms with Crippen molar-refractivity contribution < 1.29 is 45.3 Å². The van der Waals surface area contributed by atoms with Gasteiger partial charge in [0.25, 0.3) is 10.0 Å². The van der Waals surface area contributed by atoms with Crippen LogP contribution in [0.3, 0.4) is 0 Å². The summed E-state index contributed by atoms with van der Waals surface area (Å²) in [6.45, 7) is 1.01. The zero-order valence-corrected chi connectivity index (χ0v) is 23.9. The van der Waals surface area contributed by atoms with Crippen LogP contribution in [0.4, 0.5) is 18.9 Å². The van der Waals surface area contributed by atoms with E-state index >= 15 is 0 Å². The molecule has 0 aliphatic carbocycles. The van der Waals surface area contributed by atoms with Crippen LogP contribution in [-0.4, -0.2) is 49.3 Å². The van der Waals surface area contributed by atoms with Gasteiger partial charge in [0.2, 0.25) is 5.91 Å². The third-order valence-corrected chi connectivity index (χ3v) is 8.01. The number of hydrogen-bond acceptors (Lipinski definition) is 7. The maximum absolute atomic E-state index is 13.8. The lowest BCUT2D eigenvalue weighted by molar-refractivity contribution is -0.137. The topological polar surface area (TPSA) is 103 Å². The number of alkyl halides is 3. The Morgan fingerprint density at radius 3 is 2.00 bits per heavy atom. The molecule has 0 aliphatic heterocycles. The summed E-state index contributed by atoms with van der Waals surface area (Å²) in [5.74, 6) is 0.499. The zero-order chi connectivity index (χ0) is 30.4. The number of carbonyl (C=O) groups excluding carboxylic acids is 1. The number of anilines is 1. The van der Waals surface area contributed by atoms with Crippen molar-refractivity contribution in [3.63, 3.8) is 0 Å². The molecule has 1 N–H and O–H groups in total. The molecule has 3 aromatic rings. The normalized spacial score (nSPS) is 12.3. The van der Waals surface area contributed by atoms with E-state index in [9.17, 15) is 26.4 Å². The highest BCUT2D eigenvalue weighted by Crippen LogP contribution is 2.36. The van der Waals surface area contributed by atoms with E-state index in [0.717, 1.165) is 12.1 Å². The lowest BCUT2D eigenvalue weighted by Crippen LogP contribution is -2.42. The number of carbonyl (C=O) groups is 1. The fraction of sp³-hybridized carbons (Fsp3) is 0.321. The Morgan fingerprint density at radius 2 is 1.44 bits per heavy atom. The number of benzene rings is 3. The number of hydrogen-bond donors (Lipinski definition) is 1. The number of sulfonamides is 1. The quantitative estimate of drug-likeness (QED) is 0.307. The highest BCUT2D eigenvalue weighted by Gasteiger charge is 2.34. The number of methoxy groups -OCH3 is 4. The van der Waals surface area contributed by atoms with Gasteiger partial charge in [-0.25, -0.2) is 8.42 Å². The van der Waals surface area contributed by atoms with E-state index in [4.69, 9.17) is 18.9 Å². The Balaban J connectivity index is 2.03. The maximum atomic E-state index is 13.8. The van der Waals surface area contributed by atoms with Crippen molar-refractivity contribution in [2.24, 2.45) is 0 Å². The molecule has 0 aliphatic rings. The second-order valence-electron chi connectivity index (χ2n) is 8.72. The van der Waals surface area contributed by atoms with Crippen molar-refractivity contribution in [1.29, 1.82) is 0 Å². The second kappa shape index (κ2) is 13.0. The molecule has 3 rings (SSSR count). The molecule has 222 valence electrons. The highest BCUT2D eigenvalue weighted by molar-refractivity contribution is 7.92. The number of ether oxygens (including phenoxy) is 4. The molecular formula is C28H31F3N2O7S. The van der Waals surface area contributed by atoms with Crippen molar-refractivity contribution in [1.82, 2.24) is 5.32 Å². The summed E-state index contributed by atoms with van der Waals surface area (Å²) in [6.07, 6.45) is -4.31. The zero-order valence-electron chi connectivity index (χ0n) is 23.1. The Labute approximate surface area is 236 Å². The molecule has 0 radical (unpaired) electrons. The molecule has 3 aromatic carbocycles. The van der Waals surface area contributed by atoms with Gasteiger partial charge >= 0.3 is 6.18 Å². The Hall–Kier alpha value is -4.13. The van der Waals surface area contributed by atoms with E-state index in [2.05, 4.69) is 5.32 Å². The lowest BCUT2D eigenvalue weighted by Gasteiger charge is -2.26. The average molecular weight is 597 g/mol. The van der Waals surface area contributed by atoms with Crippen LogP contribution in [0.2, 0.25) is 0 Å². The number of nitrogens with one attached hydrogen (secondary N) is 1. The predicted molar refractivity (Wildman–Crippen MR) is 146 cm³/mol. The number of rotatable bonds is 12. The molecule has 0 aromatic heterocycles. The van der Waals surface area contributed by atoms with Crippen LogP contribution in [0.15, 0.2) is 65.6 Å². The van der Waals surface area contributed by atoms with Crippen molar-refractivity contribution in [2.75, 3.05) is 39.3 Å². The molecule has 1 atom stereocenters. The van der Waals surface area contributed by atoms with Gasteiger partial charge in [-0.2, -0.15) is 13.2 Å². The Bertz CT molecular complexity index is 1480. The molecule has 9 nitrogen and oxygen atoms in total. The average Bonchev–Trinajstić information content (AvgIpc) is 2.97. The van der Waals surface area contributed by atoms with Crippen LogP contribution in [0, 0.1) is 0 Å². The SMILES string of the molecule is CCC(NC(=O)CN(c1cccc(C(F)(F)F)c1)S(=O)(=O)c1ccc(OC)c(OC)c1)c1ccc(OC)c(OC)c1. The predicted octanol–water partition coefficient (Wildman–Crippen LogP) is 5.20. The van der Waals surface area contributed by atoms with Crippen molar-refractivity contribution >= 4 is 21.6 Å². The molecule has 0 bridgehead atoms. The smallest absolute Gasteiger partial charge is 0.416 e. The molecular weight excluding hydrogens is 565 g/mol.